The van der Waals surface area contributed by atoms with Gasteiger partial charge in [-0.3, -0.25) is 4.68 Å². The summed E-state index contributed by atoms with van der Waals surface area (Å²) < 4.78 is 1.94. The molecule has 0 saturated heterocycles. The molecule has 6 nitrogen and oxygen atoms in total. The Hall–Kier alpha value is -3.28. The van der Waals surface area contributed by atoms with Gasteiger partial charge in [-0.1, -0.05) is 37.3 Å². The summed E-state index contributed by atoms with van der Waals surface area (Å²) in [4.78, 5) is 13.6. The highest BCUT2D eigenvalue weighted by Gasteiger charge is 2.11. The molecule has 2 N–H and O–H groups in total. The molecular weight excluding hydrogens is 324 g/mol. The number of nitrogens with two attached hydrogens (primary N) is 1. The van der Waals surface area contributed by atoms with Crippen LogP contribution in [0.5, 0.6) is 0 Å². The Morgan fingerprint density at radius 3 is 2.65 bits per heavy atom. The number of aryl methyl sites for hydroxylation is 1. The van der Waals surface area contributed by atoms with Crippen LogP contribution in [0.2, 0.25) is 0 Å². The van der Waals surface area contributed by atoms with E-state index in [0.29, 0.717) is 6.42 Å². The first-order chi connectivity index (χ1) is 12.7. The molecule has 3 heterocycles. The third-order valence-corrected chi connectivity index (χ3v) is 4.23. The summed E-state index contributed by atoms with van der Waals surface area (Å²) in [6, 6.07) is 14.1. The summed E-state index contributed by atoms with van der Waals surface area (Å²) in [6.45, 7) is 3.03. The van der Waals surface area contributed by atoms with Gasteiger partial charge in [-0.05, 0) is 24.1 Å². The fourth-order valence-electron chi connectivity index (χ4n) is 3.01. The Morgan fingerprint density at radius 1 is 1.00 bits per heavy atom. The Balaban J connectivity index is 1.78. The number of pyridine rings is 1. The van der Waals surface area contributed by atoms with Crippen LogP contribution < -0.4 is 5.73 Å². The molecule has 0 spiro atoms. The summed E-state index contributed by atoms with van der Waals surface area (Å²) in [5, 5.41) is 4.39. The SMILES string of the molecule is CCCn1cc(-c2ccc3nc(N)nc(Cc4ccccc4)c3n2)cn1. The van der Waals surface area contributed by atoms with E-state index in [1.165, 1.54) is 0 Å². The van der Waals surface area contributed by atoms with Crippen LogP contribution in [0.25, 0.3) is 22.3 Å². The molecule has 0 aliphatic rings. The quantitative estimate of drug-likeness (QED) is 0.599. The fraction of sp³-hybridized carbons (Fsp3) is 0.200. The van der Waals surface area contributed by atoms with Crippen molar-refractivity contribution in [2.45, 2.75) is 26.3 Å². The van der Waals surface area contributed by atoms with E-state index < -0.39 is 0 Å². The van der Waals surface area contributed by atoms with Gasteiger partial charge in [0.1, 0.15) is 5.52 Å². The van der Waals surface area contributed by atoms with E-state index in [4.69, 9.17) is 10.7 Å². The molecular formula is C20H20N6. The van der Waals surface area contributed by atoms with Crippen molar-refractivity contribution in [1.82, 2.24) is 24.7 Å². The van der Waals surface area contributed by atoms with E-state index in [0.717, 1.165) is 46.5 Å². The molecule has 0 aliphatic carbocycles. The summed E-state index contributed by atoms with van der Waals surface area (Å²) >= 11 is 0. The van der Waals surface area contributed by atoms with Crippen LogP contribution in [-0.2, 0) is 13.0 Å². The average molecular weight is 344 g/mol. The molecule has 3 aromatic heterocycles. The van der Waals surface area contributed by atoms with Crippen molar-refractivity contribution in [1.29, 1.82) is 0 Å². The number of hydrogen-bond donors (Lipinski definition) is 1. The molecule has 0 atom stereocenters. The predicted molar refractivity (Wildman–Crippen MR) is 103 cm³/mol. The highest BCUT2D eigenvalue weighted by Crippen LogP contribution is 2.23. The normalized spacial score (nSPS) is 11.1. The largest absolute Gasteiger partial charge is 0.368 e. The molecule has 0 unspecified atom stereocenters. The van der Waals surface area contributed by atoms with Crippen LogP contribution in [0, 0.1) is 0 Å². The van der Waals surface area contributed by atoms with Gasteiger partial charge in [-0.15, -0.1) is 0 Å². The minimum Gasteiger partial charge on any atom is -0.368 e. The van der Waals surface area contributed by atoms with Crippen molar-refractivity contribution < 1.29 is 0 Å². The minimum atomic E-state index is 0.272. The molecule has 26 heavy (non-hydrogen) atoms. The van der Waals surface area contributed by atoms with Crippen molar-refractivity contribution in [3.8, 4) is 11.3 Å². The van der Waals surface area contributed by atoms with Gasteiger partial charge in [-0.2, -0.15) is 5.10 Å². The highest BCUT2D eigenvalue weighted by molar-refractivity contribution is 5.81. The summed E-state index contributed by atoms with van der Waals surface area (Å²) in [5.74, 6) is 0.272. The maximum atomic E-state index is 5.90. The van der Waals surface area contributed by atoms with Gasteiger partial charge in [0, 0.05) is 24.7 Å². The second-order valence-electron chi connectivity index (χ2n) is 6.25. The van der Waals surface area contributed by atoms with E-state index in [1.54, 1.807) is 0 Å². The molecule has 0 bridgehead atoms. The number of nitrogen functional groups attached to an aromatic ring is 1. The van der Waals surface area contributed by atoms with E-state index >= 15 is 0 Å². The summed E-state index contributed by atoms with van der Waals surface area (Å²) in [5.41, 5.74) is 11.3. The number of nitrogens with zero attached hydrogens (tertiary/aromatic N) is 5. The molecule has 0 radical (unpaired) electrons. The van der Waals surface area contributed by atoms with Gasteiger partial charge in [0.2, 0.25) is 5.95 Å². The molecule has 130 valence electrons. The molecule has 4 rings (SSSR count). The van der Waals surface area contributed by atoms with Crippen LogP contribution in [0.3, 0.4) is 0 Å². The Morgan fingerprint density at radius 2 is 1.85 bits per heavy atom. The first-order valence-electron chi connectivity index (χ1n) is 8.73. The summed E-state index contributed by atoms with van der Waals surface area (Å²) in [6.07, 6.45) is 5.57. The number of rotatable bonds is 5. The van der Waals surface area contributed by atoms with Crippen molar-refractivity contribution in [3.63, 3.8) is 0 Å². The van der Waals surface area contributed by atoms with E-state index in [1.807, 2.05) is 47.4 Å². The lowest BCUT2D eigenvalue weighted by Gasteiger charge is -2.08. The topological polar surface area (TPSA) is 82.5 Å². The molecule has 1 aromatic carbocycles. The smallest absolute Gasteiger partial charge is 0.220 e. The third-order valence-electron chi connectivity index (χ3n) is 4.23. The number of aromatic nitrogens is 5. The van der Waals surface area contributed by atoms with Crippen molar-refractivity contribution in [2.24, 2.45) is 0 Å². The molecule has 0 fully saturated rings. The van der Waals surface area contributed by atoms with E-state index in [2.05, 4.69) is 34.1 Å². The lowest BCUT2D eigenvalue weighted by atomic mass is 10.1. The average Bonchev–Trinajstić information content (AvgIpc) is 3.11. The van der Waals surface area contributed by atoms with Crippen molar-refractivity contribution in [3.05, 3.63) is 66.1 Å². The van der Waals surface area contributed by atoms with Crippen LogP contribution >= 0.6 is 0 Å². The standard InChI is InChI=1S/C20H20N6/c1-2-10-26-13-15(12-22-26)16-8-9-17-19(23-16)18(25-20(21)24-17)11-14-6-4-3-5-7-14/h3-9,12-13H,2,10-11H2,1H3,(H2,21,24,25). The van der Waals surface area contributed by atoms with E-state index in [-0.39, 0.29) is 5.95 Å². The Labute approximate surface area is 151 Å². The van der Waals surface area contributed by atoms with Gasteiger partial charge >= 0.3 is 0 Å². The van der Waals surface area contributed by atoms with Gasteiger partial charge < -0.3 is 5.73 Å². The summed E-state index contributed by atoms with van der Waals surface area (Å²) in [7, 11) is 0. The van der Waals surface area contributed by atoms with Gasteiger partial charge in [0.15, 0.2) is 0 Å². The second-order valence-corrected chi connectivity index (χ2v) is 6.25. The zero-order valence-corrected chi connectivity index (χ0v) is 14.6. The number of hydrogen-bond acceptors (Lipinski definition) is 5. The van der Waals surface area contributed by atoms with Crippen LogP contribution in [-0.4, -0.2) is 24.7 Å². The van der Waals surface area contributed by atoms with Crippen molar-refractivity contribution in [2.75, 3.05) is 5.73 Å². The van der Waals surface area contributed by atoms with Crippen LogP contribution in [0.1, 0.15) is 24.6 Å². The van der Waals surface area contributed by atoms with Gasteiger partial charge in [0.25, 0.3) is 0 Å². The maximum Gasteiger partial charge on any atom is 0.220 e. The minimum absolute atomic E-state index is 0.272. The molecule has 0 amide bonds. The highest BCUT2D eigenvalue weighted by atomic mass is 15.3. The maximum absolute atomic E-state index is 5.90. The fourth-order valence-corrected chi connectivity index (χ4v) is 3.01. The lowest BCUT2D eigenvalue weighted by Crippen LogP contribution is -2.03. The first kappa shape index (κ1) is 16.2. The monoisotopic (exact) mass is 344 g/mol. The Kier molecular flexibility index (Phi) is 4.31. The third kappa shape index (κ3) is 3.26. The number of anilines is 1. The molecule has 4 aromatic rings. The van der Waals surface area contributed by atoms with E-state index in [9.17, 15) is 0 Å². The second kappa shape index (κ2) is 6.92. The van der Waals surface area contributed by atoms with Crippen molar-refractivity contribution >= 4 is 17.0 Å². The van der Waals surface area contributed by atoms with Gasteiger partial charge in [-0.25, -0.2) is 15.0 Å². The van der Waals surface area contributed by atoms with Gasteiger partial charge in [0.05, 0.1) is 23.1 Å². The lowest BCUT2D eigenvalue weighted by molar-refractivity contribution is 0.603. The van der Waals surface area contributed by atoms with Crippen LogP contribution in [0.4, 0.5) is 5.95 Å². The first-order valence-corrected chi connectivity index (χ1v) is 8.73. The zero-order valence-electron chi connectivity index (χ0n) is 14.6. The van der Waals surface area contributed by atoms with Crippen LogP contribution in [0.15, 0.2) is 54.9 Å². The zero-order chi connectivity index (χ0) is 17.9. The Bertz CT molecular complexity index is 1040. The molecule has 0 aliphatic heterocycles. The number of benzene rings is 1. The number of fused-ring (bicyclic) bond motifs is 1. The molecule has 6 heteroatoms. The predicted octanol–water partition coefficient (Wildman–Crippen LogP) is 3.47. The molecule has 0 saturated carbocycles.